The average molecular weight is 429 g/mol. The highest BCUT2D eigenvalue weighted by atomic mass is 35.5. The number of ether oxygens (including phenoxy) is 1. The minimum Gasteiger partial charge on any atom is -0.482 e. The highest BCUT2D eigenvalue weighted by Crippen LogP contribution is 2.26. The zero-order valence-corrected chi connectivity index (χ0v) is 16.9. The van der Waals surface area contributed by atoms with E-state index in [2.05, 4.69) is 21.4 Å². The van der Waals surface area contributed by atoms with Gasteiger partial charge in [-0.1, -0.05) is 41.9 Å². The van der Waals surface area contributed by atoms with E-state index in [0.29, 0.717) is 30.0 Å². The number of hydrazone groups is 1. The third-order valence-electron chi connectivity index (χ3n) is 4.35. The van der Waals surface area contributed by atoms with Crippen molar-refractivity contribution < 1.29 is 19.1 Å². The number of nitrogens with zero attached hydrogens (tertiary/aromatic N) is 1. The van der Waals surface area contributed by atoms with Crippen molar-refractivity contribution in [3.8, 4) is 5.75 Å². The summed E-state index contributed by atoms with van der Waals surface area (Å²) in [4.78, 5) is 34.9. The van der Waals surface area contributed by atoms with E-state index >= 15 is 0 Å². The van der Waals surface area contributed by atoms with Crippen LogP contribution >= 0.6 is 11.6 Å². The number of hydrogen-bond acceptors (Lipinski definition) is 5. The maximum atomic E-state index is 11.9. The second-order valence-electron chi connectivity index (χ2n) is 6.61. The summed E-state index contributed by atoms with van der Waals surface area (Å²) in [5.74, 6) is -0.605. The Morgan fingerprint density at radius 3 is 2.53 bits per heavy atom. The highest BCUT2D eigenvalue weighted by molar-refractivity contribution is 6.32. The van der Waals surface area contributed by atoms with Crippen molar-refractivity contribution in [1.29, 1.82) is 0 Å². The molecule has 0 saturated heterocycles. The van der Waals surface area contributed by atoms with Gasteiger partial charge in [0.1, 0.15) is 5.75 Å². The molecule has 2 aromatic carbocycles. The van der Waals surface area contributed by atoms with Crippen molar-refractivity contribution in [2.24, 2.45) is 5.10 Å². The van der Waals surface area contributed by atoms with E-state index in [1.807, 2.05) is 30.3 Å². The van der Waals surface area contributed by atoms with E-state index in [-0.39, 0.29) is 24.8 Å². The molecular formula is C21H21ClN4O4. The molecule has 0 unspecified atom stereocenters. The van der Waals surface area contributed by atoms with Crippen molar-refractivity contribution in [1.82, 2.24) is 16.3 Å². The van der Waals surface area contributed by atoms with Gasteiger partial charge in [0, 0.05) is 19.3 Å². The maximum Gasteiger partial charge on any atom is 0.276 e. The quantitative estimate of drug-likeness (QED) is 0.587. The Labute approximate surface area is 178 Å². The Balaban J connectivity index is 1.42. The molecule has 1 aliphatic rings. The summed E-state index contributed by atoms with van der Waals surface area (Å²) in [6.45, 7) is -0.310. The van der Waals surface area contributed by atoms with Crippen LogP contribution in [0.5, 0.6) is 5.75 Å². The van der Waals surface area contributed by atoms with E-state index in [1.165, 1.54) is 0 Å². The molecule has 3 amide bonds. The SMILES string of the molecule is O=C1CCC(c2ccc(OCC(=O)NNC(=O)CCc3ccccc3)c(Cl)c2)=NN1. The molecule has 30 heavy (non-hydrogen) atoms. The smallest absolute Gasteiger partial charge is 0.276 e. The lowest BCUT2D eigenvalue weighted by Gasteiger charge is -2.14. The Bertz CT molecular complexity index is 963. The fraction of sp³-hybridized carbons (Fsp3) is 0.238. The molecule has 1 heterocycles. The van der Waals surface area contributed by atoms with Gasteiger partial charge in [0.15, 0.2) is 6.61 Å². The van der Waals surface area contributed by atoms with E-state index in [9.17, 15) is 14.4 Å². The largest absolute Gasteiger partial charge is 0.482 e. The first kappa shape index (κ1) is 21.3. The van der Waals surface area contributed by atoms with Gasteiger partial charge in [-0.25, -0.2) is 5.43 Å². The van der Waals surface area contributed by atoms with Gasteiger partial charge in [-0.2, -0.15) is 5.10 Å². The van der Waals surface area contributed by atoms with Gasteiger partial charge in [-0.3, -0.25) is 25.2 Å². The fourth-order valence-corrected chi connectivity index (χ4v) is 3.00. The van der Waals surface area contributed by atoms with Gasteiger partial charge in [-0.05, 0) is 35.7 Å². The van der Waals surface area contributed by atoms with Crippen molar-refractivity contribution in [3.63, 3.8) is 0 Å². The standard InChI is InChI=1S/C21H21ClN4O4/c22-16-12-15(17-8-11-20(28)24-23-17)7-9-18(16)30-13-21(29)26-25-19(27)10-6-14-4-2-1-3-5-14/h1-5,7,9,12H,6,8,10-11,13H2,(H,24,28)(H,25,27)(H,26,29). The number of amides is 3. The molecule has 2 aromatic rings. The van der Waals surface area contributed by atoms with Gasteiger partial charge in [-0.15, -0.1) is 0 Å². The Hall–Kier alpha value is -3.39. The van der Waals surface area contributed by atoms with Crippen LogP contribution < -0.4 is 21.0 Å². The number of rotatable bonds is 7. The van der Waals surface area contributed by atoms with Gasteiger partial charge in [0.25, 0.3) is 5.91 Å². The molecule has 8 nitrogen and oxygen atoms in total. The summed E-state index contributed by atoms with van der Waals surface area (Å²) >= 11 is 6.22. The first-order valence-electron chi connectivity index (χ1n) is 9.41. The average Bonchev–Trinajstić information content (AvgIpc) is 2.76. The number of nitrogens with one attached hydrogen (secondary N) is 3. The number of aryl methyl sites for hydroxylation is 1. The van der Waals surface area contributed by atoms with Crippen LogP contribution in [0.1, 0.15) is 30.4 Å². The fourth-order valence-electron chi connectivity index (χ4n) is 2.76. The predicted octanol–water partition coefficient (Wildman–Crippen LogP) is 2.11. The molecular weight excluding hydrogens is 408 g/mol. The molecule has 0 spiro atoms. The highest BCUT2D eigenvalue weighted by Gasteiger charge is 2.15. The zero-order chi connectivity index (χ0) is 21.3. The number of hydrazine groups is 1. The van der Waals surface area contributed by atoms with Crippen molar-refractivity contribution in [2.45, 2.75) is 25.7 Å². The Morgan fingerprint density at radius 2 is 1.83 bits per heavy atom. The Morgan fingerprint density at radius 1 is 1.07 bits per heavy atom. The summed E-state index contributed by atoms with van der Waals surface area (Å²) in [5.41, 5.74) is 9.63. The summed E-state index contributed by atoms with van der Waals surface area (Å²) in [6, 6.07) is 14.6. The number of hydrogen-bond donors (Lipinski definition) is 3. The van der Waals surface area contributed by atoms with Crippen LogP contribution in [0.2, 0.25) is 5.02 Å². The summed E-state index contributed by atoms with van der Waals surface area (Å²) in [6.07, 6.45) is 1.72. The van der Waals surface area contributed by atoms with Crippen LogP contribution in [0.4, 0.5) is 0 Å². The molecule has 0 radical (unpaired) electrons. The molecule has 0 fully saturated rings. The van der Waals surface area contributed by atoms with Crippen LogP contribution in [0, 0.1) is 0 Å². The van der Waals surface area contributed by atoms with Crippen LogP contribution in [0.15, 0.2) is 53.6 Å². The van der Waals surface area contributed by atoms with Gasteiger partial charge in [0.2, 0.25) is 11.8 Å². The molecule has 0 aliphatic carbocycles. The van der Waals surface area contributed by atoms with E-state index in [0.717, 1.165) is 16.8 Å². The lowest BCUT2D eigenvalue weighted by atomic mass is 10.0. The van der Waals surface area contributed by atoms with Gasteiger partial charge >= 0.3 is 0 Å². The predicted molar refractivity (Wildman–Crippen MR) is 112 cm³/mol. The molecule has 3 N–H and O–H groups in total. The summed E-state index contributed by atoms with van der Waals surface area (Å²) in [5, 5.41) is 4.33. The van der Waals surface area contributed by atoms with E-state index in [1.54, 1.807) is 18.2 Å². The number of carbonyl (C=O) groups excluding carboxylic acids is 3. The Kier molecular flexibility index (Phi) is 7.40. The van der Waals surface area contributed by atoms with Crippen LogP contribution in [0.25, 0.3) is 0 Å². The lowest BCUT2D eigenvalue weighted by Crippen LogP contribution is -2.43. The van der Waals surface area contributed by atoms with Gasteiger partial charge < -0.3 is 4.74 Å². The van der Waals surface area contributed by atoms with E-state index < -0.39 is 5.91 Å². The second-order valence-corrected chi connectivity index (χ2v) is 7.02. The third kappa shape index (κ3) is 6.31. The molecule has 0 bridgehead atoms. The minimum absolute atomic E-state index is 0.122. The number of benzene rings is 2. The first-order valence-corrected chi connectivity index (χ1v) is 9.79. The molecule has 0 aromatic heterocycles. The minimum atomic E-state index is -0.512. The normalized spacial score (nSPS) is 13.1. The molecule has 0 saturated carbocycles. The van der Waals surface area contributed by atoms with Crippen molar-refractivity contribution in [2.75, 3.05) is 6.61 Å². The summed E-state index contributed by atoms with van der Waals surface area (Å²) < 4.78 is 5.41. The number of halogens is 1. The lowest BCUT2D eigenvalue weighted by molar-refractivity contribution is -0.130. The van der Waals surface area contributed by atoms with Gasteiger partial charge in [0.05, 0.1) is 10.7 Å². The van der Waals surface area contributed by atoms with Crippen molar-refractivity contribution >= 4 is 35.0 Å². The monoisotopic (exact) mass is 428 g/mol. The van der Waals surface area contributed by atoms with Crippen molar-refractivity contribution in [3.05, 3.63) is 64.7 Å². The third-order valence-corrected chi connectivity index (χ3v) is 4.65. The zero-order valence-electron chi connectivity index (χ0n) is 16.1. The van der Waals surface area contributed by atoms with Crippen LogP contribution in [-0.2, 0) is 20.8 Å². The van der Waals surface area contributed by atoms with Crippen LogP contribution in [0.3, 0.4) is 0 Å². The van der Waals surface area contributed by atoms with E-state index in [4.69, 9.17) is 16.3 Å². The topological polar surface area (TPSA) is 109 Å². The molecule has 1 aliphatic heterocycles. The summed E-state index contributed by atoms with van der Waals surface area (Å²) in [7, 11) is 0. The first-order chi connectivity index (χ1) is 14.5. The molecule has 156 valence electrons. The maximum absolute atomic E-state index is 11.9. The molecule has 9 heteroatoms. The number of carbonyl (C=O) groups is 3. The molecule has 3 rings (SSSR count). The van der Waals surface area contributed by atoms with Crippen LogP contribution in [-0.4, -0.2) is 30.0 Å². The molecule has 0 atom stereocenters. The second kappa shape index (κ2) is 10.4.